The maximum Gasteiger partial charge on any atom is 0.128 e. The molecule has 0 fully saturated rings. The number of nitrogens with zero attached hydrogens (tertiary/aromatic N) is 2. The van der Waals surface area contributed by atoms with Gasteiger partial charge in [0, 0.05) is 47.8 Å². The molecule has 2 aromatic carbocycles. The average molecular weight is 564 g/mol. The van der Waals surface area contributed by atoms with Gasteiger partial charge in [-0.1, -0.05) is 95.2 Å². The zero-order valence-corrected chi connectivity index (χ0v) is 28.0. The van der Waals surface area contributed by atoms with Crippen molar-refractivity contribution < 1.29 is 10.2 Å². The predicted octanol–water partition coefficient (Wildman–Crippen LogP) is 8.20. The molecule has 0 aliphatic carbocycles. The quantitative estimate of drug-likeness (QED) is 0.201. The third kappa shape index (κ3) is 10.3. The third-order valence-corrected chi connectivity index (χ3v) is 7.37. The Bertz CT molecular complexity index is 1120. The summed E-state index contributed by atoms with van der Waals surface area (Å²) in [4.78, 5) is 9.23. The molecule has 0 aromatic heterocycles. The highest BCUT2D eigenvalue weighted by molar-refractivity contribution is 5.85. The highest BCUT2D eigenvalue weighted by Gasteiger charge is 2.25. The molecule has 2 rings (SSSR count). The Balaban J connectivity index is 1.86. The maximum atomic E-state index is 10.9. The number of aromatic hydroxyl groups is 2. The average Bonchev–Trinajstić information content (AvgIpc) is 2.81. The van der Waals surface area contributed by atoms with Gasteiger partial charge < -0.3 is 15.5 Å². The molecular weight excluding hydrogens is 506 g/mol. The Kier molecular flexibility index (Phi) is 11.4. The lowest BCUT2D eigenvalue weighted by atomic mass is 9.79. The SMILES string of the molecule is CC(C)(C)c1cc(C=NCCCNCCCN=Cc2cc(C(C)(C)C)cc(C(C)(C)C)c2O)c(O)c(C(C)(C)C)c1. The van der Waals surface area contributed by atoms with Gasteiger partial charge in [0.1, 0.15) is 11.5 Å². The van der Waals surface area contributed by atoms with Gasteiger partial charge in [-0.25, -0.2) is 0 Å². The van der Waals surface area contributed by atoms with E-state index in [0.29, 0.717) is 24.6 Å². The fraction of sp³-hybridized carbons (Fsp3) is 0.611. The minimum Gasteiger partial charge on any atom is -0.507 e. The molecule has 0 aliphatic heterocycles. The number of phenolic OH excluding ortho intramolecular Hbond substituents is 2. The zero-order valence-electron chi connectivity index (χ0n) is 28.0. The van der Waals surface area contributed by atoms with E-state index in [1.807, 2.05) is 12.4 Å². The molecule has 5 heteroatoms. The second kappa shape index (κ2) is 13.5. The summed E-state index contributed by atoms with van der Waals surface area (Å²) in [6, 6.07) is 8.40. The summed E-state index contributed by atoms with van der Waals surface area (Å²) in [6.45, 7) is 29.1. The number of rotatable bonds is 10. The lowest BCUT2D eigenvalue weighted by Crippen LogP contribution is -2.18. The van der Waals surface area contributed by atoms with Crippen LogP contribution in [0.5, 0.6) is 11.5 Å². The fourth-order valence-corrected chi connectivity index (χ4v) is 4.56. The number of nitrogens with one attached hydrogen (secondary N) is 1. The summed E-state index contributed by atoms with van der Waals surface area (Å²) in [5, 5.41) is 25.3. The largest absolute Gasteiger partial charge is 0.507 e. The summed E-state index contributed by atoms with van der Waals surface area (Å²) in [7, 11) is 0. The first-order chi connectivity index (χ1) is 18.7. The molecule has 0 saturated carbocycles. The first-order valence-corrected chi connectivity index (χ1v) is 15.2. The van der Waals surface area contributed by atoms with Gasteiger partial charge in [0.2, 0.25) is 0 Å². The summed E-state index contributed by atoms with van der Waals surface area (Å²) >= 11 is 0. The molecule has 5 nitrogen and oxygen atoms in total. The Morgan fingerprint density at radius 2 is 0.902 bits per heavy atom. The van der Waals surface area contributed by atoms with Crippen molar-refractivity contribution in [3.8, 4) is 11.5 Å². The highest BCUT2D eigenvalue weighted by Crippen LogP contribution is 2.38. The Morgan fingerprint density at radius 3 is 1.20 bits per heavy atom. The van der Waals surface area contributed by atoms with E-state index in [2.05, 4.69) is 123 Å². The van der Waals surface area contributed by atoms with E-state index < -0.39 is 0 Å². The van der Waals surface area contributed by atoms with Crippen LogP contribution >= 0.6 is 0 Å². The van der Waals surface area contributed by atoms with Gasteiger partial charge >= 0.3 is 0 Å². The van der Waals surface area contributed by atoms with Crippen LogP contribution in [0.4, 0.5) is 0 Å². The van der Waals surface area contributed by atoms with Crippen LogP contribution in [0.25, 0.3) is 0 Å². The van der Waals surface area contributed by atoms with Crippen molar-refractivity contribution in [2.75, 3.05) is 26.2 Å². The van der Waals surface area contributed by atoms with Gasteiger partial charge in [0.15, 0.2) is 0 Å². The molecule has 0 heterocycles. The van der Waals surface area contributed by atoms with E-state index in [4.69, 9.17) is 0 Å². The smallest absolute Gasteiger partial charge is 0.128 e. The van der Waals surface area contributed by atoms with Crippen LogP contribution in [-0.2, 0) is 21.7 Å². The molecule has 2 aromatic rings. The normalized spacial score (nSPS) is 13.6. The van der Waals surface area contributed by atoms with Gasteiger partial charge in [-0.15, -0.1) is 0 Å². The second-order valence-electron chi connectivity index (χ2n) is 15.5. The van der Waals surface area contributed by atoms with Crippen molar-refractivity contribution in [3.63, 3.8) is 0 Å². The fourth-order valence-electron chi connectivity index (χ4n) is 4.56. The minimum absolute atomic E-state index is 0.00350. The first kappa shape index (κ1) is 34.5. The van der Waals surface area contributed by atoms with Crippen molar-refractivity contribution in [1.29, 1.82) is 0 Å². The molecule has 0 unspecified atom stereocenters. The number of aliphatic imine (C=N–C) groups is 2. The van der Waals surface area contributed by atoms with Crippen LogP contribution < -0.4 is 5.32 Å². The highest BCUT2D eigenvalue weighted by atomic mass is 16.3. The zero-order chi connectivity index (χ0) is 31.2. The van der Waals surface area contributed by atoms with Crippen molar-refractivity contribution in [2.24, 2.45) is 9.98 Å². The monoisotopic (exact) mass is 563 g/mol. The minimum atomic E-state index is -0.145. The van der Waals surface area contributed by atoms with E-state index >= 15 is 0 Å². The van der Waals surface area contributed by atoms with E-state index in [9.17, 15) is 10.2 Å². The number of phenols is 2. The van der Waals surface area contributed by atoms with Crippen LogP contribution in [0.1, 0.15) is 129 Å². The summed E-state index contributed by atoms with van der Waals surface area (Å²) in [5.74, 6) is 0.669. The van der Waals surface area contributed by atoms with E-state index in [-0.39, 0.29) is 21.7 Å². The lowest BCUT2D eigenvalue weighted by molar-refractivity contribution is 0.443. The molecule has 0 radical (unpaired) electrons. The molecule has 0 aliphatic rings. The molecule has 3 N–H and O–H groups in total. The molecule has 0 saturated heterocycles. The Hall–Kier alpha value is -2.66. The topological polar surface area (TPSA) is 77.2 Å². The molecule has 0 amide bonds. The second-order valence-corrected chi connectivity index (χ2v) is 15.5. The van der Waals surface area contributed by atoms with E-state index in [1.165, 1.54) is 11.1 Å². The summed E-state index contributed by atoms with van der Waals surface area (Å²) < 4.78 is 0. The van der Waals surface area contributed by atoms with Crippen molar-refractivity contribution in [2.45, 2.75) is 118 Å². The third-order valence-electron chi connectivity index (χ3n) is 7.37. The molecule has 0 bridgehead atoms. The van der Waals surface area contributed by atoms with Gasteiger partial charge in [-0.2, -0.15) is 0 Å². The van der Waals surface area contributed by atoms with Crippen LogP contribution in [0.2, 0.25) is 0 Å². The Morgan fingerprint density at radius 1 is 0.561 bits per heavy atom. The van der Waals surface area contributed by atoms with Gasteiger partial charge in [0.05, 0.1) is 0 Å². The van der Waals surface area contributed by atoms with Gasteiger partial charge in [-0.3, -0.25) is 9.98 Å². The maximum absolute atomic E-state index is 10.9. The first-order valence-electron chi connectivity index (χ1n) is 15.2. The number of hydrogen-bond donors (Lipinski definition) is 3. The van der Waals surface area contributed by atoms with Crippen molar-refractivity contribution in [1.82, 2.24) is 5.32 Å². The Labute approximate surface area is 250 Å². The molecular formula is C36H57N3O2. The number of hydrogen-bond acceptors (Lipinski definition) is 5. The van der Waals surface area contributed by atoms with E-state index in [1.54, 1.807) is 0 Å². The molecule has 0 atom stereocenters. The number of benzene rings is 2. The summed E-state index contributed by atoms with van der Waals surface area (Å²) in [6.07, 6.45) is 5.50. The standard InChI is InChI=1S/C36H57N3O2/c1-33(2,3)27-19-25(31(40)29(21-27)35(7,8)9)23-38-17-13-15-37-16-14-18-39-24-26-20-28(34(4,5)6)22-30(32(26)41)36(10,11)12/h19-24,37,40-41H,13-18H2,1-12H3. The van der Waals surface area contributed by atoms with Crippen LogP contribution in [0.3, 0.4) is 0 Å². The van der Waals surface area contributed by atoms with Gasteiger partial charge in [0.25, 0.3) is 0 Å². The van der Waals surface area contributed by atoms with Crippen LogP contribution in [0, 0.1) is 0 Å². The molecule has 228 valence electrons. The lowest BCUT2D eigenvalue weighted by Gasteiger charge is -2.27. The van der Waals surface area contributed by atoms with Crippen LogP contribution in [0.15, 0.2) is 34.3 Å². The van der Waals surface area contributed by atoms with Crippen molar-refractivity contribution >= 4 is 12.4 Å². The van der Waals surface area contributed by atoms with E-state index in [0.717, 1.165) is 48.2 Å². The van der Waals surface area contributed by atoms with Gasteiger partial charge in [-0.05, 0) is 70.9 Å². The van der Waals surface area contributed by atoms with Crippen molar-refractivity contribution in [3.05, 3.63) is 57.6 Å². The molecule has 41 heavy (non-hydrogen) atoms. The summed E-state index contributed by atoms with van der Waals surface area (Å²) in [5.41, 5.74) is 5.62. The molecule has 0 spiro atoms. The van der Waals surface area contributed by atoms with Crippen LogP contribution in [-0.4, -0.2) is 48.8 Å². The predicted molar refractivity (Wildman–Crippen MR) is 178 cm³/mol.